The van der Waals surface area contributed by atoms with Gasteiger partial charge in [-0.05, 0) is 24.3 Å². The Bertz CT molecular complexity index is 758. The number of carbonyl (C=O) groups is 1. The highest BCUT2D eigenvalue weighted by atomic mass is 16.7. The molecule has 1 aromatic heterocycles. The average molecular weight is 358 g/mol. The van der Waals surface area contributed by atoms with Crippen LogP contribution in [0.1, 0.15) is 25.7 Å². The number of ether oxygens (including phenoxy) is 2. The molecule has 1 N–H and O–H groups in total. The summed E-state index contributed by atoms with van der Waals surface area (Å²) in [7, 11) is 0. The predicted octanol–water partition coefficient (Wildman–Crippen LogP) is 2.67. The molecule has 0 atom stereocenters. The number of rotatable bonds is 3. The van der Waals surface area contributed by atoms with Crippen molar-refractivity contribution in [3.05, 3.63) is 30.2 Å². The van der Waals surface area contributed by atoms with E-state index in [4.69, 9.17) is 14.0 Å². The number of aromatic nitrogens is 2. The molecule has 2 aliphatic rings. The Balaban J connectivity index is 1.34. The Morgan fingerprint density at radius 2 is 1.88 bits per heavy atom. The van der Waals surface area contributed by atoms with E-state index in [0.717, 1.165) is 11.3 Å². The van der Waals surface area contributed by atoms with Crippen LogP contribution in [0, 0.1) is 0 Å². The molecule has 2 aliphatic heterocycles. The smallest absolute Gasteiger partial charge is 0.321 e. The number of hydrogen-bond donors (Lipinski definition) is 1. The molecule has 2 saturated heterocycles. The van der Waals surface area contributed by atoms with Crippen molar-refractivity contribution in [1.82, 2.24) is 15.0 Å². The van der Waals surface area contributed by atoms with Crippen molar-refractivity contribution in [2.45, 2.75) is 32.0 Å². The zero-order chi connectivity index (χ0) is 18.0. The minimum absolute atomic E-state index is 0.113. The van der Waals surface area contributed by atoms with Crippen LogP contribution in [0.25, 0.3) is 11.4 Å². The Kier molecular flexibility index (Phi) is 4.60. The molecule has 8 heteroatoms. The van der Waals surface area contributed by atoms with Crippen LogP contribution in [-0.2, 0) is 15.9 Å². The van der Waals surface area contributed by atoms with E-state index in [-0.39, 0.29) is 6.03 Å². The van der Waals surface area contributed by atoms with Crippen molar-refractivity contribution in [1.29, 1.82) is 0 Å². The second-order valence-electron chi connectivity index (χ2n) is 6.47. The van der Waals surface area contributed by atoms with Gasteiger partial charge in [0.2, 0.25) is 11.7 Å². The number of anilines is 1. The lowest BCUT2D eigenvalue weighted by Crippen LogP contribution is -2.48. The summed E-state index contributed by atoms with van der Waals surface area (Å²) in [6.07, 6.45) is 2.11. The van der Waals surface area contributed by atoms with Gasteiger partial charge in [-0.3, -0.25) is 0 Å². The summed E-state index contributed by atoms with van der Waals surface area (Å²) in [5.41, 5.74) is 1.58. The lowest BCUT2D eigenvalue weighted by atomic mass is 10.0. The molecule has 26 heavy (non-hydrogen) atoms. The van der Waals surface area contributed by atoms with Gasteiger partial charge in [0.1, 0.15) is 0 Å². The van der Waals surface area contributed by atoms with Crippen molar-refractivity contribution in [2.75, 3.05) is 31.6 Å². The third kappa shape index (κ3) is 3.42. The second-order valence-corrected chi connectivity index (χ2v) is 6.47. The Morgan fingerprint density at radius 1 is 1.19 bits per heavy atom. The van der Waals surface area contributed by atoms with Crippen LogP contribution in [0.3, 0.4) is 0 Å². The maximum absolute atomic E-state index is 12.5. The lowest BCUT2D eigenvalue weighted by molar-refractivity contribution is -0.181. The van der Waals surface area contributed by atoms with E-state index in [1.54, 1.807) is 4.90 Å². The molecule has 0 bridgehead atoms. The van der Waals surface area contributed by atoms with Crippen LogP contribution in [0.4, 0.5) is 10.5 Å². The van der Waals surface area contributed by atoms with E-state index in [9.17, 15) is 4.79 Å². The van der Waals surface area contributed by atoms with Gasteiger partial charge in [-0.15, -0.1) is 0 Å². The highest BCUT2D eigenvalue weighted by Crippen LogP contribution is 2.31. The molecule has 4 rings (SSSR count). The first-order chi connectivity index (χ1) is 12.7. The minimum Gasteiger partial charge on any atom is -0.347 e. The zero-order valence-corrected chi connectivity index (χ0v) is 14.7. The Morgan fingerprint density at radius 3 is 2.50 bits per heavy atom. The van der Waals surface area contributed by atoms with Crippen molar-refractivity contribution < 1.29 is 18.8 Å². The van der Waals surface area contributed by atoms with E-state index in [1.165, 1.54) is 0 Å². The largest absolute Gasteiger partial charge is 0.347 e. The summed E-state index contributed by atoms with van der Waals surface area (Å²) in [5, 5.41) is 6.88. The number of hydrogen-bond acceptors (Lipinski definition) is 6. The topological polar surface area (TPSA) is 89.7 Å². The number of piperidine rings is 1. The number of likely N-dealkylation sites (tertiary alicyclic amines) is 1. The van der Waals surface area contributed by atoms with E-state index in [0.29, 0.717) is 57.3 Å². The second kappa shape index (κ2) is 7.05. The van der Waals surface area contributed by atoms with Gasteiger partial charge in [-0.25, -0.2) is 4.79 Å². The van der Waals surface area contributed by atoms with Crippen LogP contribution in [0.5, 0.6) is 0 Å². The quantitative estimate of drug-likeness (QED) is 0.907. The van der Waals surface area contributed by atoms with Crippen LogP contribution in [0.15, 0.2) is 28.8 Å². The molecular weight excluding hydrogens is 336 g/mol. The first-order valence-electron chi connectivity index (χ1n) is 8.94. The molecule has 1 aromatic carbocycles. The molecule has 3 heterocycles. The monoisotopic (exact) mass is 358 g/mol. The molecule has 1 spiro atoms. The van der Waals surface area contributed by atoms with E-state index >= 15 is 0 Å². The van der Waals surface area contributed by atoms with Gasteiger partial charge in [-0.1, -0.05) is 12.1 Å². The van der Waals surface area contributed by atoms with Gasteiger partial charge in [0.15, 0.2) is 5.79 Å². The van der Waals surface area contributed by atoms with Gasteiger partial charge in [0, 0.05) is 43.6 Å². The molecule has 2 fully saturated rings. The van der Waals surface area contributed by atoms with Crippen LogP contribution < -0.4 is 5.32 Å². The van der Waals surface area contributed by atoms with E-state index < -0.39 is 5.79 Å². The Labute approximate surface area is 151 Å². The number of benzene rings is 1. The predicted molar refractivity (Wildman–Crippen MR) is 93.6 cm³/mol. The summed E-state index contributed by atoms with van der Waals surface area (Å²) >= 11 is 0. The normalized spacial score (nSPS) is 19.0. The molecule has 0 unspecified atom stereocenters. The number of carbonyl (C=O) groups excluding carboxylic acids is 1. The van der Waals surface area contributed by atoms with Crippen molar-refractivity contribution in [3.8, 4) is 11.4 Å². The van der Waals surface area contributed by atoms with Crippen LogP contribution in [-0.4, -0.2) is 53.2 Å². The Hall–Kier alpha value is -2.45. The highest BCUT2D eigenvalue weighted by molar-refractivity contribution is 5.89. The number of urea groups is 1. The molecule has 2 aromatic rings. The third-order valence-electron chi connectivity index (χ3n) is 4.79. The summed E-state index contributed by atoms with van der Waals surface area (Å²) in [6, 6.07) is 7.29. The van der Waals surface area contributed by atoms with Crippen LogP contribution in [0.2, 0.25) is 0 Å². The SMILES string of the molecule is CCc1nc(-c2ccc(NC(=O)N3CCC4(CC3)OCCO4)cc2)no1. The number of nitrogens with zero attached hydrogens (tertiary/aromatic N) is 3. The molecule has 8 nitrogen and oxygen atoms in total. The van der Waals surface area contributed by atoms with Gasteiger partial charge < -0.3 is 24.2 Å². The first kappa shape index (κ1) is 17.0. The van der Waals surface area contributed by atoms with Gasteiger partial charge >= 0.3 is 6.03 Å². The fourth-order valence-corrected chi connectivity index (χ4v) is 3.26. The third-order valence-corrected chi connectivity index (χ3v) is 4.79. The number of amides is 2. The maximum Gasteiger partial charge on any atom is 0.321 e. The average Bonchev–Trinajstić information content (AvgIpc) is 3.33. The fourth-order valence-electron chi connectivity index (χ4n) is 3.26. The molecule has 0 aliphatic carbocycles. The highest BCUT2D eigenvalue weighted by Gasteiger charge is 2.40. The summed E-state index contributed by atoms with van der Waals surface area (Å²) < 4.78 is 16.5. The summed E-state index contributed by atoms with van der Waals surface area (Å²) in [6.45, 7) is 4.47. The molecule has 0 saturated carbocycles. The summed E-state index contributed by atoms with van der Waals surface area (Å²) in [4.78, 5) is 18.6. The van der Waals surface area contributed by atoms with Crippen molar-refractivity contribution in [2.24, 2.45) is 0 Å². The standard InChI is InChI=1S/C18H22N4O4/c1-2-15-20-16(21-26-15)13-3-5-14(6-4-13)19-17(23)22-9-7-18(8-10-22)24-11-12-25-18/h3-6H,2,7-12H2,1H3,(H,19,23). The van der Waals surface area contributed by atoms with Gasteiger partial charge in [-0.2, -0.15) is 4.98 Å². The minimum atomic E-state index is -0.472. The van der Waals surface area contributed by atoms with E-state index in [1.807, 2.05) is 31.2 Å². The fraction of sp³-hybridized carbons (Fsp3) is 0.500. The van der Waals surface area contributed by atoms with Gasteiger partial charge in [0.25, 0.3) is 0 Å². The van der Waals surface area contributed by atoms with Crippen molar-refractivity contribution in [3.63, 3.8) is 0 Å². The molecular formula is C18H22N4O4. The number of aryl methyl sites for hydroxylation is 1. The van der Waals surface area contributed by atoms with E-state index in [2.05, 4.69) is 15.5 Å². The first-order valence-corrected chi connectivity index (χ1v) is 8.94. The molecule has 0 radical (unpaired) electrons. The molecule has 138 valence electrons. The summed E-state index contributed by atoms with van der Waals surface area (Å²) in [5.74, 6) is 0.688. The maximum atomic E-state index is 12.5. The van der Waals surface area contributed by atoms with Crippen LogP contribution >= 0.6 is 0 Å². The zero-order valence-electron chi connectivity index (χ0n) is 14.7. The van der Waals surface area contributed by atoms with Crippen molar-refractivity contribution >= 4 is 11.7 Å². The number of nitrogens with one attached hydrogen (secondary N) is 1. The van der Waals surface area contributed by atoms with Gasteiger partial charge in [0.05, 0.1) is 13.2 Å². The lowest BCUT2D eigenvalue weighted by Gasteiger charge is -2.37. The molecule has 2 amide bonds.